The summed E-state index contributed by atoms with van der Waals surface area (Å²) in [4.78, 5) is 14.4. The van der Waals surface area contributed by atoms with Crippen LogP contribution in [0.2, 0.25) is 10.0 Å². The first-order valence-corrected chi connectivity index (χ1v) is 8.04. The summed E-state index contributed by atoms with van der Waals surface area (Å²) < 4.78 is 0.890. The molecule has 0 aliphatic heterocycles. The summed E-state index contributed by atoms with van der Waals surface area (Å²) in [6.45, 7) is 0. The summed E-state index contributed by atoms with van der Waals surface area (Å²) in [6, 6.07) is 7.86. The van der Waals surface area contributed by atoms with Crippen molar-refractivity contribution in [3.8, 4) is 5.75 Å². The molecule has 10 heteroatoms. The first-order chi connectivity index (χ1) is 11.5. The number of fused-ring (bicyclic) bond motifs is 1. The second-order valence-corrected chi connectivity index (χ2v) is 6.47. The zero-order chi connectivity index (χ0) is 17.3. The van der Waals surface area contributed by atoms with Crippen LogP contribution >= 0.6 is 34.5 Å². The maximum Gasteiger partial charge on any atom is 0.312 e. The lowest BCUT2D eigenvalue weighted by Crippen LogP contribution is -1.94. The number of nitro groups is 1. The number of para-hydroxylation sites is 1. The molecule has 2 aromatic carbocycles. The van der Waals surface area contributed by atoms with E-state index in [0.717, 1.165) is 10.8 Å². The van der Waals surface area contributed by atoms with Crippen molar-refractivity contribution in [3.05, 3.63) is 56.1 Å². The van der Waals surface area contributed by atoms with Crippen LogP contribution in [0.25, 0.3) is 10.2 Å². The van der Waals surface area contributed by atoms with Gasteiger partial charge in [0.05, 0.1) is 20.9 Å². The van der Waals surface area contributed by atoms with E-state index < -0.39 is 16.4 Å². The van der Waals surface area contributed by atoms with Crippen LogP contribution in [0.5, 0.6) is 5.75 Å². The SMILES string of the molecule is O=[N+]([O-])c1cc(Cl)cc(/C=N/Nc2nc3c(Cl)cccc3s2)c1O. The van der Waals surface area contributed by atoms with Crippen molar-refractivity contribution in [1.82, 2.24) is 4.98 Å². The number of phenolic OH excluding ortho intramolecular Hbond substituents is 1. The number of benzene rings is 2. The molecule has 0 saturated heterocycles. The highest BCUT2D eigenvalue weighted by molar-refractivity contribution is 7.22. The normalized spacial score (nSPS) is 11.2. The number of hydrazone groups is 1. The lowest BCUT2D eigenvalue weighted by atomic mass is 10.2. The van der Waals surface area contributed by atoms with Crippen LogP contribution in [0.4, 0.5) is 10.8 Å². The summed E-state index contributed by atoms with van der Waals surface area (Å²) >= 11 is 13.2. The predicted octanol–water partition coefficient (Wildman–Crippen LogP) is 4.66. The molecule has 2 N–H and O–H groups in total. The molecule has 0 amide bonds. The minimum Gasteiger partial charge on any atom is -0.502 e. The lowest BCUT2D eigenvalue weighted by molar-refractivity contribution is -0.385. The molecule has 0 saturated carbocycles. The molecule has 0 bridgehead atoms. The van der Waals surface area contributed by atoms with Gasteiger partial charge in [-0.25, -0.2) is 4.98 Å². The number of thiazole rings is 1. The van der Waals surface area contributed by atoms with Crippen molar-refractivity contribution in [2.24, 2.45) is 5.10 Å². The van der Waals surface area contributed by atoms with E-state index in [4.69, 9.17) is 23.2 Å². The van der Waals surface area contributed by atoms with Crippen molar-refractivity contribution in [2.45, 2.75) is 0 Å². The first-order valence-electron chi connectivity index (χ1n) is 6.46. The van der Waals surface area contributed by atoms with Gasteiger partial charge in [-0.3, -0.25) is 15.5 Å². The number of aromatic hydroxyl groups is 1. The standard InChI is InChI=1S/C14H8Cl2N4O3S/c15-8-4-7(13(21)10(5-8)20(22)23)6-17-19-14-18-12-9(16)2-1-3-11(12)24-14/h1-6,21H,(H,18,19)/b17-6+. The van der Waals surface area contributed by atoms with Gasteiger partial charge < -0.3 is 5.11 Å². The number of nitrogens with zero attached hydrogens (tertiary/aromatic N) is 3. The molecule has 24 heavy (non-hydrogen) atoms. The monoisotopic (exact) mass is 382 g/mol. The third kappa shape index (κ3) is 3.25. The highest BCUT2D eigenvalue weighted by Crippen LogP contribution is 2.33. The first kappa shape index (κ1) is 16.4. The number of nitrogens with one attached hydrogen (secondary N) is 1. The van der Waals surface area contributed by atoms with Gasteiger partial charge >= 0.3 is 5.69 Å². The van der Waals surface area contributed by atoms with Crippen LogP contribution in [0.15, 0.2) is 35.4 Å². The number of halogens is 2. The minimum absolute atomic E-state index is 0.112. The maximum atomic E-state index is 10.9. The number of aromatic nitrogens is 1. The van der Waals surface area contributed by atoms with E-state index in [-0.39, 0.29) is 10.6 Å². The van der Waals surface area contributed by atoms with E-state index >= 15 is 0 Å². The van der Waals surface area contributed by atoms with Gasteiger partial charge in [-0.2, -0.15) is 5.10 Å². The van der Waals surface area contributed by atoms with Crippen LogP contribution in [0.1, 0.15) is 5.56 Å². The number of nitro benzene ring substituents is 1. The third-order valence-corrected chi connectivity index (χ3v) is 4.46. The molecule has 1 heterocycles. The molecule has 0 fully saturated rings. The molecule has 0 aliphatic rings. The smallest absolute Gasteiger partial charge is 0.312 e. The average molecular weight is 383 g/mol. The Morgan fingerprint density at radius 1 is 1.38 bits per heavy atom. The van der Waals surface area contributed by atoms with Gasteiger partial charge in [-0.1, -0.05) is 40.6 Å². The van der Waals surface area contributed by atoms with E-state index in [2.05, 4.69) is 15.5 Å². The number of hydrogen-bond donors (Lipinski definition) is 2. The van der Waals surface area contributed by atoms with Crippen molar-refractivity contribution >= 4 is 61.8 Å². The molecule has 122 valence electrons. The van der Waals surface area contributed by atoms with Crippen molar-refractivity contribution in [2.75, 3.05) is 5.43 Å². The highest BCUT2D eigenvalue weighted by Gasteiger charge is 2.17. The van der Waals surface area contributed by atoms with Crippen LogP contribution < -0.4 is 5.43 Å². The molecule has 1 aromatic heterocycles. The van der Waals surface area contributed by atoms with Gasteiger partial charge in [0.1, 0.15) is 5.52 Å². The molecule has 7 nitrogen and oxygen atoms in total. The zero-order valence-corrected chi connectivity index (χ0v) is 14.1. The molecule has 3 aromatic rings. The molecular formula is C14H8Cl2N4O3S. The number of phenols is 1. The van der Waals surface area contributed by atoms with Gasteiger partial charge in [-0.05, 0) is 18.2 Å². The predicted molar refractivity (Wildman–Crippen MR) is 95.6 cm³/mol. The van der Waals surface area contributed by atoms with Crippen LogP contribution in [-0.2, 0) is 0 Å². The van der Waals surface area contributed by atoms with E-state index in [1.807, 2.05) is 12.1 Å². The summed E-state index contributed by atoms with van der Waals surface area (Å²) in [6.07, 6.45) is 1.22. The van der Waals surface area contributed by atoms with Crippen molar-refractivity contribution in [1.29, 1.82) is 0 Å². The average Bonchev–Trinajstić information content (AvgIpc) is 2.94. The van der Waals surface area contributed by atoms with E-state index in [1.54, 1.807) is 6.07 Å². The Bertz CT molecular complexity index is 974. The second-order valence-electron chi connectivity index (χ2n) is 4.60. The summed E-state index contributed by atoms with van der Waals surface area (Å²) in [5.41, 5.74) is 2.98. The Balaban J connectivity index is 1.86. The van der Waals surface area contributed by atoms with E-state index in [0.29, 0.717) is 15.7 Å². The Morgan fingerprint density at radius 2 is 2.17 bits per heavy atom. The quantitative estimate of drug-likeness (QED) is 0.388. The van der Waals surface area contributed by atoms with Crippen molar-refractivity contribution in [3.63, 3.8) is 0 Å². The van der Waals surface area contributed by atoms with Crippen molar-refractivity contribution < 1.29 is 10.0 Å². The van der Waals surface area contributed by atoms with Gasteiger partial charge in [0, 0.05) is 16.7 Å². The topological polar surface area (TPSA) is 101 Å². The van der Waals surface area contributed by atoms with E-state index in [1.165, 1.54) is 23.6 Å². The number of hydrogen-bond acceptors (Lipinski definition) is 7. The van der Waals surface area contributed by atoms with Gasteiger partial charge in [-0.15, -0.1) is 0 Å². The molecule has 0 unspecified atom stereocenters. The molecule has 0 radical (unpaired) electrons. The van der Waals surface area contributed by atoms with Crippen LogP contribution in [0.3, 0.4) is 0 Å². The Hall–Kier alpha value is -2.42. The molecule has 3 rings (SSSR count). The summed E-state index contributed by atoms with van der Waals surface area (Å²) in [7, 11) is 0. The minimum atomic E-state index is -0.721. The fraction of sp³-hybridized carbons (Fsp3) is 0. The van der Waals surface area contributed by atoms with E-state index in [9.17, 15) is 15.2 Å². The zero-order valence-electron chi connectivity index (χ0n) is 11.7. The van der Waals surface area contributed by atoms with Crippen LogP contribution in [-0.4, -0.2) is 21.2 Å². The third-order valence-electron chi connectivity index (χ3n) is 3.01. The van der Waals surface area contributed by atoms with Gasteiger partial charge in [0.2, 0.25) is 10.9 Å². The Kier molecular flexibility index (Phi) is 4.52. The maximum absolute atomic E-state index is 10.9. The fourth-order valence-corrected chi connectivity index (χ4v) is 3.30. The highest BCUT2D eigenvalue weighted by atomic mass is 35.5. The Morgan fingerprint density at radius 3 is 2.88 bits per heavy atom. The largest absolute Gasteiger partial charge is 0.502 e. The second kappa shape index (κ2) is 6.60. The Labute approximate surface area is 149 Å². The molecule has 0 aliphatic carbocycles. The lowest BCUT2D eigenvalue weighted by Gasteiger charge is -2.01. The fourth-order valence-electron chi connectivity index (χ4n) is 1.96. The molecule has 0 spiro atoms. The molecule has 0 atom stereocenters. The van der Waals surface area contributed by atoms with Gasteiger partial charge in [0.15, 0.2) is 0 Å². The molecular weight excluding hydrogens is 375 g/mol. The number of rotatable bonds is 4. The van der Waals surface area contributed by atoms with Crippen LogP contribution in [0, 0.1) is 10.1 Å². The number of anilines is 1. The summed E-state index contributed by atoms with van der Waals surface area (Å²) in [5.74, 6) is -0.512. The summed E-state index contributed by atoms with van der Waals surface area (Å²) in [5, 5.41) is 25.8. The van der Waals surface area contributed by atoms with Gasteiger partial charge in [0.25, 0.3) is 0 Å².